The molecular weight excluding hydrogens is 368 g/mol. The summed E-state index contributed by atoms with van der Waals surface area (Å²) in [5.41, 5.74) is 9.94. The van der Waals surface area contributed by atoms with E-state index in [1.165, 1.54) is 11.1 Å². The van der Waals surface area contributed by atoms with Gasteiger partial charge in [-0.3, -0.25) is 4.79 Å². The van der Waals surface area contributed by atoms with E-state index in [1.807, 2.05) is 42.1 Å². The van der Waals surface area contributed by atoms with Crippen LogP contribution in [0.2, 0.25) is 0 Å². The molecule has 0 saturated heterocycles. The summed E-state index contributed by atoms with van der Waals surface area (Å²) in [4.78, 5) is 21.9. The summed E-state index contributed by atoms with van der Waals surface area (Å²) < 4.78 is 1.96. The van der Waals surface area contributed by atoms with Crippen LogP contribution < -0.4 is 5.32 Å². The summed E-state index contributed by atoms with van der Waals surface area (Å²) in [6.07, 6.45) is 3.61. The number of carbonyl (C=O) groups excluding carboxylic acids is 1. The molecule has 0 radical (unpaired) electrons. The Labute approximate surface area is 167 Å². The van der Waals surface area contributed by atoms with Gasteiger partial charge in [-0.1, -0.05) is 12.1 Å². The second kappa shape index (κ2) is 6.56. The highest BCUT2D eigenvalue weighted by Gasteiger charge is 2.25. The molecule has 0 bridgehead atoms. The Bertz CT molecular complexity index is 1190. The quantitative estimate of drug-likeness (QED) is 0.578. The molecule has 0 spiro atoms. The predicted octanol–water partition coefficient (Wildman–Crippen LogP) is 3.97. The Morgan fingerprint density at radius 1 is 1.18 bits per heavy atom. The third-order valence-corrected chi connectivity index (χ3v) is 5.97. The Morgan fingerprint density at radius 2 is 2.04 bits per heavy atom. The number of fused-ring (bicyclic) bond motifs is 2. The zero-order valence-electron chi connectivity index (χ0n) is 15.8. The van der Waals surface area contributed by atoms with Crippen LogP contribution in [0.1, 0.15) is 32.9 Å². The van der Waals surface area contributed by atoms with Gasteiger partial charge in [-0.05, 0) is 56.0 Å². The molecule has 3 aromatic heterocycles. The molecule has 140 valence electrons. The zero-order chi connectivity index (χ0) is 19.3. The van der Waals surface area contributed by atoms with E-state index >= 15 is 0 Å². The fraction of sp³-hybridized carbons (Fsp3) is 0.227. The van der Waals surface area contributed by atoms with E-state index in [2.05, 4.69) is 38.9 Å². The van der Waals surface area contributed by atoms with Crippen molar-refractivity contribution >= 4 is 22.9 Å². The third-order valence-electron chi connectivity index (χ3n) is 5.39. The molecule has 1 aromatic carbocycles. The summed E-state index contributed by atoms with van der Waals surface area (Å²) >= 11 is 1.60. The van der Waals surface area contributed by atoms with E-state index in [1.54, 1.807) is 11.3 Å². The smallest absolute Gasteiger partial charge is 0.255 e. The first kappa shape index (κ1) is 17.1. The summed E-state index contributed by atoms with van der Waals surface area (Å²) in [5, 5.41) is 5.27. The average Bonchev–Trinajstić information content (AvgIpc) is 3.39. The molecule has 28 heavy (non-hydrogen) atoms. The maximum atomic E-state index is 12.9. The molecule has 1 aliphatic carbocycles. The maximum absolute atomic E-state index is 12.9. The number of thiazole rings is 1. The molecular formula is C22H20N4OS. The molecule has 6 heteroatoms. The molecule has 0 saturated carbocycles. The van der Waals surface area contributed by atoms with Crippen molar-refractivity contribution in [3.05, 3.63) is 75.5 Å². The number of hydrogen-bond acceptors (Lipinski definition) is 4. The molecule has 1 amide bonds. The van der Waals surface area contributed by atoms with Crippen LogP contribution in [0.3, 0.4) is 0 Å². The second-order valence-corrected chi connectivity index (χ2v) is 8.12. The number of aryl methyl sites for hydroxylation is 2. The summed E-state index contributed by atoms with van der Waals surface area (Å²) in [6, 6.07) is 10.5. The van der Waals surface area contributed by atoms with Gasteiger partial charge in [-0.15, -0.1) is 11.3 Å². The van der Waals surface area contributed by atoms with Crippen LogP contribution in [0.15, 0.2) is 47.4 Å². The Hall–Kier alpha value is -2.99. The molecule has 0 aliphatic heterocycles. The van der Waals surface area contributed by atoms with Gasteiger partial charge in [0.1, 0.15) is 5.65 Å². The molecule has 5 rings (SSSR count). The van der Waals surface area contributed by atoms with Crippen molar-refractivity contribution in [1.82, 2.24) is 19.7 Å². The van der Waals surface area contributed by atoms with Crippen LogP contribution in [0.5, 0.6) is 0 Å². The van der Waals surface area contributed by atoms with Gasteiger partial charge < -0.3 is 9.72 Å². The second-order valence-electron chi connectivity index (χ2n) is 7.40. The van der Waals surface area contributed by atoms with Crippen LogP contribution in [0, 0.1) is 13.8 Å². The molecule has 5 nitrogen and oxygen atoms in total. The summed E-state index contributed by atoms with van der Waals surface area (Å²) in [7, 11) is 0. The van der Waals surface area contributed by atoms with Crippen LogP contribution >= 0.6 is 11.3 Å². The molecule has 1 atom stereocenters. The van der Waals surface area contributed by atoms with Crippen LogP contribution in [-0.4, -0.2) is 26.3 Å². The van der Waals surface area contributed by atoms with Gasteiger partial charge in [0, 0.05) is 34.6 Å². The molecule has 0 fully saturated rings. The fourth-order valence-corrected chi connectivity index (χ4v) is 4.63. The molecule has 1 aliphatic rings. The highest BCUT2D eigenvalue weighted by Crippen LogP contribution is 2.28. The first-order chi connectivity index (χ1) is 13.6. The minimum absolute atomic E-state index is 0.0578. The Kier molecular flexibility index (Phi) is 4.02. The van der Waals surface area contributed by atoms with Gasteiger partial charge >= 0.3 is 0 Å². The Balaban J connectivity index is 1.36. The van der Waals surface area contributed by atoms with Crippen molar-refractivity contribution in [2.24, 2.45) is 0 Å². The third kappa shape index (κ3) is 2.90. The van der Waals surface area contributed by atoms with Gasteiger partial charge in [0.25, 0.3) is 5.91 Å². The first-order valence-electron chi connectivity index (χ1n) is 9.35. The topological polar surface area (TPSA) is 59.3 Å². The van der Waals surface area contributed by atoms with Crippen LogP contribution in [0.4, 0.5) is 0 Å². The van der Waals surface area contributed by atoms with Gasteiger partial charge in [-0.25, -0.2) is 9.97 Å². The molecule has 3 heterocycles. The lowest BCUT2D eigenvalue weighted by molar-refractivity contribution is 0.0940. The highest BCUT2D eigenvalue weighted by atomic mass is 32.1. The van der Waals surface area contributed by atoms with Crippen LogP contribution in [-0.2, 0) is 12.8 Å². The molecule has 1 N–H and O–H groups in total. The minimum Gasteiger partial charge on any atom is -0.349 e. The Morgan fingerprint density at radius 3 is 2.86 bits per heavy atom. The van der Waals surface area contributed by atoms with E-state index in [-0.39, 0.29) is 11.9 Å². The lowest BCUT2D eigenvalue weighted by Gasteiger charge is -2.11. The number of hydrogen-bond donors (Lipinski definition) is 1. The first-order valence-corrected chi connectivity index (χ1v) is 10.3. The SMILES string of the molecule is Cc1cc(C)n2ccc(C(=O)NC3Cc4ccc(-c5cscn5)cc4C3)c2n1. The number of rotatable bonds is 3. The number of benzene rings is 1. The molecule has 1 unspecified atom stereocenters. The number of carbonyl (C=O) groups is 1. The van der Waals surface area contributed by atoms with Gasteiger partial charge in [0.05, 0.1) is 16.8 Å². The summed E-state index contributed by atoms with van der Waals surface area (Å²) in [5.74, 6) is -0.0578. The van der Waals surface area contributed by atoms with Crippen molar-refractivity contribution in [2.45, 2.75) is 32.7 Å². The maximum Gasteiger partial charge on any atom is 0.255 e. The van der Waals surface area contributed by atoms with Crippen molar-refractivity contribution in [3.8, 4) is 11.3 Å². The van der Waals surface area contributed by atoms with Crippen molar-refractivity contribution in [3.63, 3.8) is 0 Å². The van der Waals surface area contributed by atoms with Crippen molar-refractivity contribution in [1.29, 1.82) is 0 Å². The van der Waals surface area contributed by atoms with Gasteiger partial charge in [0.15, 0.2) is 0 Å². The highest BCUT2D eigenvalue weighted by molar-refractivity contribution is 7.07. The largest absolute Gasteiger partial charge is 0.349 e. The normalized spacial score (nSPS) is 15.7. The van der Waals surface area contributed by atoms with Crippen molar-refractivity contribution < 1.29 is 4.79 Å². The van der Waals surface area contributed by atoms with E-state index in [0.717, 1.165) is 41.1 Å². The van der Waals surface area contributed by atoms with E-state index in [4.69, 9.17) is 0 Å². The molecule has 4 aromatic rings. The average molecular weight is 388 g/mol. The van der Waals surface area contributed by atoms with E-state index < -0.39 is 0 Å². The van der Waals surface area contributed by atoms with Crippen LogP contribution in [0.25, 0.3) is 16.9 Å². The predicted molar refractivity (Wildman–Crippen MR) is 111 cm³/mol. The zero-order valence-corrected chi connectivity index (χ0v) is 16.6. The summed E-state index contributed by atoms with van der Waals surface area (Å²) in [6.45, 7) is 3.98. The lowest BCUT2D eigenvalue weighted by Crippen LogP contribution is -2.35. The number of nitrogens with one attached hydrogen (secondary N) is 1. The lowest BCUT2D eigenvalue weighted by atomic mass is 10.1. The monoisotopic (exact) mass is 388 g/mol. The number of nitrogens with zero attached hydrogens (tertiary/aromatic N) is 3. The fourth-order valence-electron chi connectivity index (χ4n) is 4.07. The van der Waals surface area contributed by atoms with Gasteiger partial charge in [0.2, 0.25) is 0 Å². The minimum atomic E-state index is -0.0578. The number of aromatic nitrogens is 3. The van der Waals surface area contributed by atoms with E-state index in [9.17, 15) is 4.79 Å². The number of amides is 1. The standard InChI is InChI=1S/C22H20N4OS/c1-13-7-14(2)26-6-5-19(21(26)24-13)22(27)25-18-9-15-3-4-16(8-17(15)10-18)20-11-28-12-23-20/h3-8,11-12,18H,9-10H2,1-2H3,(H,25,27). The van der Waals surface area contributed by atoms with E-state index in [0.29, 0.717) is 5.56 Å². The van der Waals surface area contributed by atoms with Crippen molar-refractivity contribution in [2.75, 3.05) is 0 Å². The van der Waals surface area contributed by atoms with Gasteiger partial charge in [-0.2, -0.15) is 0 Å².